The lowest BCUT2D eigenvalue weighted by atomic mass is 10.1. The summed E-state index contributed by atoms with van der Waals surface area (Å²) in [5, 5.41) is 2.82. The third-order valence-electron chi connectivity index (χ3n) is 3.51. The first kappa shape index (κ1) is 15.8. The van der Waals surface area contributed by atoms with Gasteiger partial charge in [-0.1, -0.05) is 12.1 Å². The summed E-state index contributed by atoms with van der Waals surface area (Å²) in [6, 6.07) is 5.25. The number of hydrogen-bond donors (Lipinski definition) is 2. The number of nitrogens with one attached hydrogen (secondary N) is 1. The van der Waals surface area contributed by atoms with Gasteiger partial charge < -0.3 is 11.1 Å². The largest absolute Gasteiger partial charge is 0.416 e. The number of benzene rings is 1. The van der Waals surface area contributed by atoms with Crippen LogP contribution >= 0.6 is 0 Å². The molecule has 1 amide bonds. The molecule has 7 heteroatoms. The Kier molecular flexibility index (Phi) is 4.84. The molecule has 1 fully saturated rings. The molecule has 1 atom stereocenters. The van der Waals surface area contributed by atoms with Crippen LogP contribution in [0, 0.1) is 0 Å². The Labute approximate surface area is 121 Å². The quantitative estimate of drug-likeness (QED) is 0.883. The molecule has 0 spiro atoms. The number of rotatable bonds is 4. The second-order valence-electron chi connectivity index (χ2n) is 5.19. The maximum atomic E-state index is 12.5. The van der Waals surface area contributed by atoms with E-state index in [-0.39, 0.29) is 18.5 Å². The Balaban J connectivity index is 1.87. The Morgan fingerprint density at radius 3 is 2.57 bits per heavy atom. The maximum Gasteiger partial charge on any atom is 0.416 e. The number of hydrogen-bond acceptors (Lipinski definition) is 3. The highest BCUT2D eigenvalue weighted by atomic mass is 19.4. The molecule has 4 nitrogen and oxygen atoms in total. The van der Waals surface area contributed by atoms with Gasteiger partial charge in [-0.3, -0.25) is 9.69 Å². The number of nitrogens with zero attached hydrogens (tertiary/aromatic N) is 1. The highest BCUT2D eigenvalue weighted by molar-refractivity contribution is 5.78. The highest BCUT2D eigenvalue weighted by Gasteiger charge is 2.30. The number of alkyl halides is 3. The molecule has 1 unspecified atom stereocenters. The molecule has 1 heterocycles. The molecule has 0 bridgehead atoms. The number of carbonyl (C=O) groups is 1. The van der Waals surface area contributed by atoms with Crippen molar-refractivity contribution in [2.45, 2.75) is 25.2 Å². The molecular weight excluding hydrogens is 283 g/mol. The lowest BCUT2D eigenvalue weighted by Crippen LogP contribution is -2.40. The minimum atomic E-state index is -4.30. The van der Waals surface area contributed by atoms with Gasteiger partial charge in [0, 0.05) is 25.7 Å². The standard InChI is InChI=1S/C14H18F3N3O/c15-14(16,17)11-3-1-10(2-4-11)8-20-6-5-12(9-20)19-13(21)7-18/h1-4,12H,5-9,18H2,(H,19,21). The van der Waals surface area contributed by atoms with E-state index >= 15 is 0 Å². The summed E-state index contributed by atoms with van der Waals surface area (Å²) in [4.78, 5) is 13.3. The van der Waals surface area contributed by atoms with E-state index in [1.807, 2.05) is 0 Å². The molecular formula is C14H18F3N3O. The van der Waals surface area contributed by atoms with E-state index in [9.17, 15) is 18.0 Å². The number of likely N-dealkylation sites (tertiary alicyclic amines) is 1. The molecule has 0 radical (unpaired) electrons. The average Bonchev–Trinajstić information content (AvgIpc) is 2.85. The van der Waals surface area contributed by atoms with Crippen LogP contribution in [0.1, 0.15) is 17.5 Å². The van der Waals surface area contributed by atoms with Crippen molar-refractivity contribution >= 4 is 5.91 Å². The predicted octanol–water partition coefficient (Wildman–Crippen LogP) is 1.35. The topological polar surface area (TPSA) is 58.4 Å². The Morgan fingerprint density at radius 1 is 1.33 bits per heavy atom. The monoisotopic (exact) mass is 301 g/mol. The van der Waals surface area contributed by atoms with Gasteiger partial charge in [0.05, 0.1) is 12.1 Å². The molecule has 1 saturated heterocycles. The van der Waals surface area contributed by atoms with Crippen molar-refractivity contribution < 1.29 is 18.0 Å². The van der Waals surface area contributed by atoms with Crippen molar-refractivity contribution in [1.82, 2.24) is 10.2 Å². The Bertz CT molecular complexity index is 487. The molecule has 1 aromatic rings. The Hall–Kier alpha value is -1.60. The van der Waals surface area contributed by atoms with Gasteiger partial charge in [0.2, 0.25) is 5.91 Å². The van der Waals surface area contributed by atoms with Crippen molar-refractivity contribution in [3.8, 4) is 0 Å². The molecule has 0 aliphatic carbocycles. The van der Waals surface area contributed by atoms with Crippen LogP contribution in [0.25, 0.3) is 0 Å². The SMILES string of the molecule is NCC(=O)NC1CCN(Cc2ccc(C(F)(F)F)cc2)C1. The zero-order chi connectivity index (χ0) is 15.5. The average molecular weight is 301 g/mol. The van der Waals surface area contributed by atoms with Crippen LogP contribution in [-0.4, -0.2) is 36.5 Å². The van der Waals surface area contributed by atoms with Crippen LogP contribution in [0.2, 0.25) is 0 Å². The summed E-state index contributed by atoms with van der Waals surface area (Å²) >= 11 is 0. The molecule has 1 aromatic carbocycles. The van der Waals surface area contributed by atoms with Gasteiger partial charge in [0.15, 0.2) is 0 Å². The lowest BCUT2D eigenvalue weighted by molar-refractivity contribution is -0.137. The zero-order valence-electron chi connectivity index (χ0n) is 11.5. The second-order valence-corrected chi connectivity index (χ2v) is 5.19. The van der Waals surface area contributed by atoms with Crippen molar-refractivity contribution in [2.75, 3.05) is 19.6 Å². The smallest absolute Gasteiger partial charge is 0.351 e. The van der Waals surface area contributed by atoms with Crippen molar-refractivity contribution in [3.05, 3.63) is 35.4 Å². The number of carbonyl (C=O) groups excluding carboxylic acids is 1. The number of amides is 1. The molecule has 2 rings (SSSR count). The van der Waals surface area contributed by atoms with Crippen LogP contribution in [0.3, 0.4) is 0 Å². The normalized spacial score (nSPS) is 19.7. The van der Waals surface area contributed by atoms with Crippen LogP contribution in [0.5, 0.6) is 0 Å². The van der Waals surface area contributed by atoms with Gasteiger partial charge in [-0.15, -0.1) is 0 Å². The van der Waals surface area contributed by atoms with Crippen LogP contribution in [0.15, 0.2) is 24.3 Å². The molecule has 1 aliphatic rings. The first-order valence-electron chi connectivity index (χ1n) is 6.76. The van der Waals surface area contributed by atoms with Crippen molar-refractivity contribution in [1.29, 1.82) is 0 Å². The molecule has 0 aromatic heterocycles. The van der Waals surface area contributed by atoms with E-state index in [1.54, 1.807) is 0 Å². The van der Waals surface area contributed by atoms with Gasteiger partial charge in [0.1, 0.15) is 0 Å². The lowest BCUT2D eigenvalue weighted by Gasteiger charge is -2.17. The molecule has 21 heavy (non-hydrogen) atoms. The van der Waals surface area contributed by atoms with Gasteiger partial charge in [-0.05, 0) is 24.1 Å². The summed E-state index contributed by atoms with van der Waals surface area (Å²) in [6.45, 7) is 2.03. The molecule has 0 saturated carbocycles. The van der Waals surface area contributed by atoms with Gasteiger partial charge >= 0.3 is 6.18 Å². The first-order valence-corrected chi connectivity index (χ1v) is 6.76. The van der Waals surface area contributed by atoms with Gasteiger partial charge in [-0.25, -0.2) is 0 Å². The summed E-state index contributed by atoms with van der Waals surface area (Å²) < 4.78 is 37.4. The summed E-state index contributed by atoms with van der Waals surface area (Å²) in [5.74, 6) is -0.184. The number of halogens is 3. The first-order chi connectivity index (χ1) is 9.88. The number of nitrogens with two attached hydrogens (primary N) is 1. The van der Waals surface area contributed by atoms with Crippen LogP contribution in [-0.2, 0) is 17.5 Å². The fraction of sp³-hybridized carbons (Fsp3) is 0.500. The van der Waals surface area contributed by atoms with E-state index in [4.69, 9.17) is 5.73 Å². The van der Waals surface area contributed by atoms with E-state index in [0.29, 0.717) is 13.1 Å². The summed E-state index contributed by atoms with van der Waals surface area (Å²) in [7, 11) is 0. The van der Waals surface area contributed by atoms with Crippen LogP contribution in [0.4, 0.5) is 13.2 Å². The fourth-order valence-corrected chi connectivity index (χ4v) is 2.44. The van der Waals surface area contributed by atoms with E-state index < -0.39 is 11.7 Å². The Morgan fingerprint density at radius 2 is 2.00 bits per heavy atom. The maximum absolute atomic E-state index is 12.5. The van der Waals surface area contributed by atoms with Gasteiger partial charge in [0.25, 0.3) is 0 Å². The minimum Gasteiger partial charge on any atom is -0.351 e. The third-order valence-corrected chi connectivity index (χ3v) is 3.51. The second kappa shape index (κ2) is 6.44. The molecule has 1 aliphatic heterocycles. The molecule has 3 N–H and O–H groups in total. The van der Waals surface area contributed by atoms with E-state index in [1.165, 1.54) is 12.1 Å². The summed E-state index contributed by atoms with van der Waals surface area (Å²) in [6.07, 6.45) is -3.48. The van der Waals surface area contributed by atoms with E-state index in [0.717, 1.165) is 30.7 Å². The summed E-state index contributed by atoms with van der Waals surface area (Å²) in [5.41, 5.74) is 5.43. The highest BCUT2D eigenvalue weighted by Crippen LogP contribution is 2.29. The van der Waals surface area contributed by atoms with Crippen molar-refractivity contribution in [3.63, 3.8) is 0 Å². The van der Waals surface area contributed by atoms with Gasteiger partial charge in [-0.2, -0.15) is 13.2 Å². The third kappa shape index (κ3) is 4.44. The van der Waals surface area contributed by atoms with Crippen molar-refractivity contribution in [2.24, 2.45) is 5.73 Å². The van der Waals surface area contributed by atoms with E-state index in [2.05, 4.69) is 10.2 Å². The fourth-order valence-electron chi connectivity index (χ4n) is 2.44. The van der Waals surface area contributed by atoms with Crippen LogP contribution < -0.4 is 11.1 Å². The predicted molar refractivity (Wildman–Crippen MR) is 72.3 cm³/mol. The minimum absolute atomic E-state index is 0.0323. The zero-order valence-corrected chi connectivity index (χ0v) is 11.5. The molecule has 116 valence electrons.